The highest BCUT2D eigenvalue weighted by atomic mass is 35.5. The van der Waals surface area contributed by atoms with E-state index in [0.29, 0.717) is 23.9 Å². The number of benzene rings is 1. The quantitative estimate of drug-likeness (QED) is 0.697. The molecule has 1 N–H and O–H groups in total. The first-order valence-corrected chi connectivity index (χ1v) is 10.3. The number of nitrogens with one attached hydrogen (secondary N) is 1. The molecule has 0 spiro atoms. The van der Waals surface area contributed by atoms with E-state index in [9.17, 15) is 4.79 Å². The maximum atomic E-state index is 12.7. The van der Waals surface area contributed by atoms with Crippen LogP contribution in [0.15, 0.2) is 29.4 Å². The fourth-order valence-corrected chi connectivity index (χ4v) is 3.93. The molecular formula is C19H25ClN4OS. The molecule has 0 saturated heterocycles. The van der Waals surface area contributed by atoms with Crippen LogP contribution in [0, 0.1) is 5.92 Å². The molecule has 3 rings (SSSR count). The Hall–Kier alpha value is -1.53. The molecule has 1 heterocycles. The highest BCUT2D eigenvalue weighted by Gasteiger charge is 2.50. The van der Waals surface area contributed by atoms with Gasteiger partial charge in [-0.1, -0.05) is 49.3 Å². The predicted octanol–water partition coefficient (Wildman–Crippen LogP) is 3.61. The molecule has 1 aliphatic carbocycles. The topological polar surface area (TPSA) is 59.8 Å². The van der Waals surface area contributed by atoms with E-state index in [0.717, 1.165) is 35.1 Å². The van der Waals surface area contributed by atoms with Gasteiger partial charge in [-0.05, 0) is 36.5 Å². The third-order valence-electron chi connectivity index (χ3n) is 4.69. The van der Waals surface area contributed by atoms with Gasteiger partial charge >= 0.3 is 0 Å². The molecule has 5 nitrogen and oxygen atoms in total. The van der Waals surface area contributed by atoms with E-state index in [4.69, 9.17) is 11.6 Å². The van der Waals surface area contributed by atoms with E-state index in [1.165, 1.54) is 0 Å². The van der Waals surface area contributed by atoms with Crippen molar-refractivity contribution in [1.82, 2.24) is 20.1 Å². The number of thioether (sulfide) groups is 1. The van der Waals surface area contributed by atoms with Crippen molar-refractivity contribution in [3.8, 4) is 0 Å². The zero-order valence-corrected chi connectivity index (χ0v) is 17.0. The Morgan fingerprint density at radius 1 is 1.31 bits per heavy atom. The number of nitrogens with zero attached hydrogens (tertiary/aromatic N) is 3. The van der Waals surface area contributed by atoms with Crippen molar-refractivity contribution in [2.75, 3.05) is 12.3 Å². The molecule has 140 valence electrons. The SMILES string of the molecule is CC(C)CSc1nnc(CCNC(=O)C2(c3ccc(Cl)cc3)CC2)n1C. The van der Waals surface area contributed by atoms with Gasteiger partial charge in [-0.25, -0.2) is 0 Å². The number of amides is 1. The molecule has 0 atom stereocenters. The number of aromatic nitrogens is 3. The van der Waals surface area contributed by atoms with Gasteiger partial charge in [0.2, 0.25) is 5.91 Å². The molecule has 1 saturated carbocycles. The number of hydrogen-bond donors (Lipinski definition) is 1. The normalized spacial score (nSPS) is 15.3. The molecule has 2 aromatic rings. The molecule has 1 amide bonds. The molecule has 0 aliphatic heterocycles. The molecule has 0 radical (unpaired) electrons. The third kappa shape index (κ3) is 4.23. The minimum Gasteiger partial charge on any atom is -0.355 e. The minimum atomic E-state index is -0.372. The van der Waals surface area contributed by atoms with Gasteiger partial charge in [0.15, 0.2) is 5.16 Å². The Labute approximate surface area is 163 Å². The van der Waals surface area contributed by atoms with E-state index in [1.807, 2.05) is 35.9 Å². The number of carbonyl (C=O) groups is 1. The average molecular weight is 393 g/mol. The molecule has 26 heavy (non-hydrogen) atoms. The second-order valence-corrected chi connectivity index (χ2v) is 8.68. The number of carbonyl (C=O) groups excluding carboxylic acids is 1. The Balaban J connectivity index is 1.54. The summed E-state index contributed by atoms with van der Waals surface area (Å²) in [6, 6.07) is 7.60. The zero-order valence-electron chi connectivity index (χ0n) is 15.5. The van der Waals surface area contributed by atoms with Gasteiger partial charge in [-0.3, -0.25) is 4.79 Å². The Bertz CT molecular complexity index is 768. The van der Waals surface area contributed by atoms with Crippen LogP contribution in [-0.4, -0.2) is 33.0 Å². The van der Waals surface area contributed by atoms with Crippen molar-refractivity contribution in [2.45, 2.75) is 43.7 Å². The molecule has 0 unspecified atom stereocenters. The number of hydrogen-bond acceptors (Lipinski definition) is 4. The molecular weight excluding hydrogens is 368 g/mol. The fraction of sp³-hybridized carbons (Fsp3) is 0.526. The van der Waals surface area contributed by atoms with E-state index in [2.05, 4.69) is 29.4 Å². The third-order valence-corrected chi connectivity index (χ3v) is 6.39. The molecule has 0 bridgehead atoms. The summed E-state index contributed by atoms with van der Waals surface area (Å²) in [5, 5.41) is 13.2. The summed E-state index contributed by atoms with van der Waals surface area (Å²) in [7, 11) is 1.98. The van der Waals surface area contributed by atoms with Crippen LogP contribution in [0.4, 0.5) is 0 Å². The van der Waals surface area contributed by atoms with Gasteiger partial charge in [-0.2, -0.15) is 0 Å². The maximum Gasteiger partial charge on any atom is 0.230 e. The number of halogens is 1. The lowest BCUT2D eigenvalue weighted by Gasteiger charge is -2.16. The van der Waals surface area contributed by atoms with E-state index in [-0.39, 0.29) is 11.3 Å². The van der Waals surface area contributed by atoms with Crippen molar-refractivity contribution in [1.29, 1.82) is 0 Å². The summed E-state index contributed by atoms with van der Waals surface area (Å²) in [6.07, 6.45) is 2.45. The van der Waals surface area contributed by atoms with Gasteiger partial charge in [0.05, 0.1) is 5.41 Å². The lowest BCUT2D eigenvalue weighted by atomic mass is 9.95. The second kappa shape index (κ2) is 8.01. The van der Waals surface area contributed by atoms with Crippen molar-refractivity contribution in [3.05, 3.63) is 40.7 Å². The zero-order chi connectivity index (χ0) is 18.7. The first kappa shape index (κ1) is 19.2. The van der Waals surface area contributed by atoms with Gasteiger partial charge in [0.1, 0.15) is 5.82 Å². The summed E-state index contributed by atoms with van der Waals surface area (Å²) >= 11 is 7.67. The smallest absolute Gasteiger partial charge is 0.230 e. The fourth-order valence-electron chi connectivity index (χ4n) is 2.93. The number of rotatable bonds is 8. The van der Waals surface area contributed by atoms with Crippen LogP contribution in [-0.2, 0) is 23.7 Å². The first-order chi connectivity index (χ1) is 12.4. The lowest BCUT2D eigenvalue weighted by molar-refractivity contribution is -0.123. The van der Waals surface area contributed by atoms with E-state index in [1.54, 1.807) is 11.8 Å². The van der Waals surface area contributed by atoms with Crippen LogP contribution in [0.5, 0.6) is 0 Å². The van der Waals surface area contributed by atoms with Crippen LogP contribution in [0.25, 0.3) is 0 Å². The van der Waals surface area contributed by atoms with Crippen LogP contribution in [0.2, 0.25) is 5.02 Å². The Morgan fingerprint density at radius 3 is 2.62 bits per heavy atom. The largest absolute Gasteiger partial charge is 0.355 e. The van der Waals surface area contributed by atoms with Crippen LogP contribution in [0.3, 0.4) is 0 Å². The Morgan fingerprint density at radius 2 is 2.00 bits per heavy atom. The highest BCUT2D eigenvalue weighted by molar-refractivity contribution is 7.99. The summed E-state index contributed by atoms with van der Waals surface area (Å²) < 4.78 is 2.02. The maximum absolute atomic E-state index is 12.7. The van der Waals surface area contributed by atoms with Gasteiger partial charge in [0, 0.05) is 30.8 Å². The second-order valence-electron chi connectivity index (χ2n) is 7.26. The first-order valence-electron chi connectivity index (χ1n) is 8.98. The van der Waals surface area contributed by atoms with Crippen molar-refractivity contribution >= 4 is 29.3 Å². The van der Waals surface area contributed by atoms with E-state index < -0.39 is 0 Å². The van der Waals surface area contributed by atoms with Crippen molar-refractivity contribution in [2.24, 2.45) is 13.0 Å². The summed E-state index contributed by atoms with van der Waals surface area (Å²) in [4.78, 5) is 12.7. The van der Waals surface area contributed by atoms with Gasteiger partial charge in [0.25, 0.3) is 0 Å². The summed E-state index contributed by atoms with van der Waals surface area (Å²) in [5.74, 6) is 2.62. The summed E-state index contributed by atoms with van der Waals surface area (Å²) in [5.41, 5.74) is 0.674. The lowest BCUT2D eigenvalue weighted by Crippen LogP contribution is -2.36. The molecule has 1 aliphatic rings. The standard InChI is InChI=1S/C19H25ClN4OS/c1-13(2)12-26-18-23-22-16(24(18)3)8-11-21-17(25)19(9-10-19)14-4-6-15(20)7-5-14/h4-7,13H,8-12H2,1-3H3,(H,21,25). The van der Waals surface area contributed by atoms with E-state index >= 15 is 0 Å². The highest BCUT2D eigenvalue weighted by Crippen LogP contribution is 2.48. The minimum absolute atomic E-state index is 0.0939. The van der Waals surface area contributed by atoms with Crippen molar-refractivity contribution < 1.29 is 4.79 Å². The van der Waals surface area contributed by atoms with Crippen LogP contribution >= 0.6 is 23.4 Å². The van der Waals surface area contributed by atoms with Gasteiger partial charge < -0.3 is 9.88 Å². The Kier molecular flexibility index (Phi) is 5.92. The molecule has 1 aromatic carbocycles. The van der Waals surface area contributed by atoms with Crippen LogP contribution in [0.1, 0.15) is 38.1 Å². The van der Waals surface area contributed by atoms with Crippen LogP contribution < -0.4 is 5.32 Å². The monoisotopic (exact) mass is 392 g/mol. The average Bonchev–Trinajstić information content (AvgIpc) is 3.35. The van der Waals surface area contributed by atoms with Gasteiger partial charge in [-0.15, -0.1) is 10.2 Å². The molecule has 1 aromatic heterocycles. The predicted molar refractivity (Wildman–Crippen MR) is 106 cm³/mol. The molecule has 1 fully saturated rings. The summed E-state index contributed by atoms with van der Waals surface area (Å²) in [6.45, 7) is 4.94. The van der Waals surface area contributed by atoms with Crippen molar-refractivity contribution in [3.63, 3.8) is 0 Å². The molecule has 7 heteroatoms.